The van der Waals surface area contributed by atoms with E-state index in [0.29, 0.717) is 6.54 Å². The van der Waals surface area contributed by atoms with Crippen LogP contribution in [0.5, 0.6) is 0 Å². The van der Waals surface area contributed by atoms with E-state index in [0.717, 1.165) is 54.8 Å². The van der Waals surface area contributed by atoms with Gasteiger partial charge in [0, 0.05) is 30.9 Å². The summed E-state index contributed by atoms with van der Waals surface area (Å²) in [5.41, 5.74) is 1.14. The molecule has 2 aromatic rings. The van der Waals surface area contributed by atoms with E-state index in [1.54, 1.807) is 6.20 Å². The number of hydrogen-bond donors (Lipinski definition) is 3. The molecule has 0 saturated heterocycles. The maximum atomic E-state index is 5.90. The summed E-state index contributed by atoms with van der Waals surface area (Å²) in [6.45, 7) is 5.34. The molecule has 0 aliphatic rings. The standard InChI is InChI=1S/C19H26ClN5.HI/c1-2-21-19(25-15-16-8-10-17(20)11-9-16)24-14-6-5-13-23-18-7-3-4-12-22-18;/h3-4,7-12H,2,5-6,13-15H2,1H3,(H,22,23)(H2,21,24,25);1H. The number of aromatic nitrogens is 1. The van der Waals surface area contributed by atoms with Gasteiger partial charge in [-0.2, -0.15) is 0 Å². The molecule has 2 rings (SSSR count). The highest BCUT2D eigenvalue weighted by molar-refractivity contribution is 14.0. The van der Waals surface area contributed by atoms with Crippen molar-refractivity contribution in [1.29, 1.82) is 0 Å². The second kappa shape index (κ2) is 13.6. The first-order valence-corrected chi connectivity index (χ1v) is 9.07. The molecule has 0 unspecified atom stereocenters. The normalized spacial score (nSPS) is 10.8. The highest BCUT2D eigenvalue weighted by atomic mass is 127. The van der Waals surface area contributed by atoms with Crippen molar-refractivity contribution in [3.8, 4) is 0 Å². The molecule has 0 amide bonds. The minimum atomic E-state index is 0. The van der Waals surface area contributed by atoms with Crippen molar-refractivity contribution >= 4 is 47.4 Å². The Labute approximate surface area is 178 Å². The second-order valence-corrected chi connectivity index (χ2v) is 6.03. The van der Waals surface area contributed by atoms with Crippen LogP contribution in [0.3, 0.4) is 0 Å². The third-order valence-electron chi connectivity index (χ3n) is 3.54. The van der Waals surface area contributed by atoms with Gasteiger partial charge in [-0.05, 0) is 49.6 Å². The number of anilines is 1. The fourth-order valence-corrected chi connectivity index (χ4v) is 2.37. The van der Waals surface area contributed by atoms with E-state index in [2.05, 4.69) is 32.9 Å². The topological polar surface area (TPSA) is 61.3 Å². The molecule has 1 heterocycles. The Morgan fingerprint density at radius 2 is 1.81 bits per heavy atom. The number of unbranched alkanes of at least 4 members (excludes halogenated alkanes) is 1. The SMILES string of the molecule is CCNC(=NCc1ccc(Cl)cc1)NCCCCNc1ccccn1.I. The lowest BCUT2D eigenvalue weighted by atomic mass is 10.2. The number of aliphatic imine (C=N–C) groups is 1. The molecular formula is C19H27ClIN5. The molecule has 7 heteroatoms. The van der Waals surface area contributed by atoms with Crippen LogP contribution in [0.2, 0.25) is 5.02 Å². The van der Waals surface area contributed by atoms with Crippen molar-refractivity contribution < 1.29 is 0 Å². The smallest absolute Gasteiger partial charge is 0.191 e. The molecule has 1 aromatic heterocycles. The van der Waals surface area contributed by atoms with Crippen molar-refractivity contribution in [3.05, 3.63) is 59.2 Å². The zero-order valence-corrected chi connectivity index (χ0v) is 18.1. The molecule has 0 aliphatic heterocycles. The molecule has 0 saturated carbocycles. The zero-order chi connectivity index (χ0) is 17.7. The van der Waals surface area contributed by atoms with Crippen LogP contribution in [-0.4, -0.2) is 30.6 Å². The summed E-state index contributed by atoms with van der Waals surface area (Å²) in [4.78, 5) is 8.85. The van der Waals surface area contributed by atoms with Gasteiger partial charge in [0.05, 0.1) is 6.54 Å². The van der Waals surface area contributed by atoms with E-state index < -0.39 is 0 Å². The Bertz CT molecular complexity index is 634. The number of benzene rings is 1. The van der Waals surface area contributed by atoms with Gasteiger partial charge in [0.1, 0.15) is 5.82 Å². The monoisotopic (exact) mass is 487 g/mol. The molecule has 142 valence electrons. The summed E-state index contributed by atoms with van der Waals surface area (Å²) >= 11 is 5.90. The van der Waals surface area contributed by atoms with Gasteiger partial charge in [0.25, 0.3) is 0 Å². The lowest BCUT2D eigenvalue weighted by molar-refractivity contribution is 0.712. The minimum absolute atomic E-state index is 0. The van der Waals surface area contributed by atoms with Crippen LogP contribution in [0.4, 0.5) is 5.82 Å². The van der Waals surface area contributed by atoms with Crippen LogP contribution in [0.1, 0.15) is 25.3 Å². The maximum Gasteiger partial charge on any atom is 0.191 e. The van der Waals surface area contributed by atoms with Crippen LogP contribution in [0.25, 0.3) is 0 Å². The molecule has 0 spiro atoms. The number of nitrogens with one attached hydrogen (secondary N) is 3. The number of halogens is 2. The summed E-state index contributed by atoms with van der Waals surface area (Å²) in [7, 11) is 0. The molecule has 1 aromatic carbocycles. The Kier molecular flexibility index (Phi) is 11.8. The van der Waals surface area contributed by atoms with Gasteiger partial charge in [-0.15, -0.1) is 24.0 Å². The van der Waals surface area contributed by atoms with Gasteiger partial charge < -0.3 is 16.0 Å². The third-order valence-corrected chi connectivity index (χ3v) is 3.80. The first-order valence-electron chi connectivity index (χ1n) is 8.69. The molecule has 0 aliphatic carbocycles. The van der Waals surface area contributed by atoms with Gasteiger partial charge in [-0.25, -0.2) is 9.98 Å². The predicted octanol–water partition coefficient (Wildman–Crippen LogP) is 4.30. The summed E-state index contributed by atoms with van der Waals surface area (Å²) in [6, 6.07) is 13.7. The lowest BCUT2D eigenvalue weighted by Crippen LogP contribution is -2.37. The quantitative estimate of drug-likeness (QED) is 0.214. The predicted molar refractivity (Wildman–Crippen MR) is 122 cm³/mol. The Balaban J connectivity index is 0.00000338. The van der Waals surface area contributed by atoms with Crippen molar-refractivity contribution in [2.75, 3.05) is 25.0 Å². The highest BCUT2D eigenvalue weighted by Gasteiger charge is 1.98. The van der Waals surface area contributed by atoms with E-state index in [1.165, 1.54) is 0 Å². The van der Waals surface area contributed by atoms with Crippen LogP contribution in [0.15, 0.2) is 53.7 Å². The first kappa shape index (κ1) is 22.5. The summed E-state index contributed by atoms with van der Waals surface area (Å²) < 4.78 is 0. The molecule has 0 atom stereocenters. The van der Waals surface area contributed by atoms with Crippen molar-refractivity contribution in [3.63, 3.8) is 0 Å². The highest BCUT2D eigenvalue weighted by Crippen LogP contribution is 2.10. The molecule has 0 fully saturated rings. The average molecular weight is 488 g/mol. The van der Waals surface area contributed by atoms with Crippen LogP contribution < -0.4 is 16.0 Å². The van der Waals surface area contributed by atoms with Gasteiger partial charge in [0.2, 0.25) is 0 Å². The third kappa shape index (κ3) is 9.24. The van der Waals surface area contributed by atoms with Crippen molar-refractivity contribution in [2.45, 2.75) is 26.3 Å². The lowest BCUT2D eigenvalue weighted by Gasteiger charge is -2.11. The van der Waals surface area contributed by atoms with Gasteiger partial charge >= 0.3 is 0 Å². The molecule has 0 radical (unpaired) electrons. The fourth-order valence-electron chi connectivity index (χ4n) is 2.24. The summed E-state index contributed by atoms with van der Waals surface area (Å²) in [6.07, 6.45) is 3.93. The van der Waals surface area contributed by atoms with Crippen molar-refractivity contribution in [2.24, 2.45) is 4.99 Å². The molecule has 26 heavy (non-hydrogen) atoms. The Morgan fingerprint density at radius 3 is 2.50 bits per heavy atom. The second-order valence-electron chi connectivity index (χ2n) is 5.60. The zero-order valence-electron chi connectivity index (χ0n) is 15.0. The number of nitrogens with zero attached hydrogens (tertiary/aromatic N) is 2. The van der Waals surface area contributed by atoms with E-state index in [-0.39, 0.29) is 24.0 Å². The molecule has 0 bridgehead atoms. The number of rotatable bonds is 9. The number of hydrogen-bond acceptors (Lipinski definition) is 3. The van der Waals surface area contributed by atoms with E-state index in [4.69, 9.17) is 11.6 Å². The van der Waals surface area contributed by atoms with E-state index in [1.807, 2.05) is 42.5 Å². The fraction of sp³-hybridized carbons (Fsp3) is 0.368. The van der Waals surface area contributed by atoms with Crippen molar-refractivity contribution in [1.82, 2.24) is 15.6 Å². The van der Waals surface area contributed by atoms with E-state index in [9.17, 15) is 0 Å². The van der Waals surface area contributed by atoms with E-state index >= 15 is 0 Å². The maximum absolute atomic E-state index is 5.90. The first-order chi connectivity index (χ1) is 12.3. The number of pyridine rings is 1. The number of guanidine groups is 1. The molecule has 3 N–H and O–H groups in total. The summed E-state index contributed by atoms with van der Waals surface area (Å²) in [5.74, 6) is 1.77. The van der Waals surface area contributed by atoms with Gasteiger partial charge in [0.15, 0.2) is 5.96 Å². The Morgan fingerprint density at radius 1 is 1.04 bits per heavy atom. The van der Waals surface area contributed by atoms with Gasteiger partial charge in [-0.3, -0.25) is 0 Å². The minimum Gasteiger partial charge on any atom is -0.370 e. The summed E-state index contributed by atoms with van der Waals surface area (Å²) in [5, 5.41) is 10.7. The van der Waals surface area contributed by atoms with Gasteiger partial charge in [-0.1, -0.05) is 29.8 Å². The van der Waals surface area contributed by atoms with Crippen LogP contribution in [-0.2, 0) is 6.54 Å². The Hall–Kier alpha value is -1.54. The molecular weight excluding hydrogens is 461 g/mol. The average Bonchev–Trinajstić information content (AvgIpc) is 2.64. The van der Waals surface area contributed by atoms with Crippen LogP contribution >= 0.6 is 35.6 Å². The largest absolute Gasteiger partial charge is 0.370 e. The molecule has 5 nitrogen and oxygen atoms in total. The van der Waals surface area contributed by atoms with Crippen LogP contribution in [0, 0.1) is 0 Å².